The molecule has 1 saturated heterocycles. The van der Waals surface area contributed by atoms with Crippen LogP contribution in [0.4, 0.5) is 0 Å². The molecule has 0 saturated carbocycles. The third-order valence-corrected chi connectivity index (χ3v) is 3.63. The summed E-state index contributed by atoms with van der Waals surface area (Å²) in [6, 6.07) is 0. The summed E-state index contributed by atoms with van der Waals surface area (Å²) in [6.07, 6.45) is 5.03. The van der Waals surface area contributed by atoms with E-state index in [1.54, 1.807) is 0 Å². The van der Waals surface area contributed by atoms with E-state index in [2.05, 4.69) is 17.1 Å². The lowest BCUT2D eigenvalue weighted by atomic mass is 9.99. The van der Waals surface area contributed by atoms with Crippen LogP contribution in [-0.4, -0.2) is 36.3 Å². The van der Waals surface area contributed by atoms with Crippen LogP contribution in [0.15, 0.2) is 0 Å². The maximum absolute atomic E-state index is 8.57. The Hall–Kier alpha value is 0.270. The van der Waals surface area contributed by atoms with Gasteiger partial charge in [-0.15, -0.1) is 0 Å². The lowest BCUT2D eigenvalue weighted by molar-refractivity contribution is 0.285. The van der Waals surface area contributed by atoms with E-state index in [0.717, 1.165) is 25.4 Å². The molecular formula is C10H21NOS. The van der Waals surface area contributed by atoms with Crippen molar-refractivity contribution in [2.24, 2.45) is 5.92 Å². The molecule has 0 aliphatic carbocycles. The Labute approximate surface area is 85.5 Å². The van der Waals surface area contributed by atoms with E-state index in [1.807, 2.05) is 0 Å². The van der Waals surface area contributed by atoms with Gasteiger partial charge in [0, 0.05) is 6.61 Å². The first-order valence-electron chi connectivity index (χ1n) is 5.33. The molecule has 1 fully saturated rings. The zero-order valence-corrected chi connectivity index (χ0v) is 9.11. The Morgan fingerprint density at radius 2 is 2.00 bits per heavy atom. The Bertz CT molecular complexity index is 115. The summed E-state index contributed by atoms with van der Waals surface area (Å²) in [7, 11) is 0. The zero-order valence-electron chi connectivity index (χ0n) is 8.30. The minimum Gasteiger partial charge on any atom is -0.396 e. The van der Waals surface area contributed by atoms with Crippen LogP contribution in [0.25, 0.3) is 0 Å². The Kier molecular flexibility index (Phi) is 6.68. The van der Waals surface area contributed by atoms with Crippen molar-refractivity contribution in [3.63, 3.8) is 0 Å². The lowest BCUT2D eigenvalue weighted by Crippen LogP contribution is -2.21. The van der Waals surface area contributed by atoms with Crippen LogP contribution >= 0.6 is 11.8 Å². The van der Waals surface area contributed by atoms with Crippen LogP contribution in [-0.2, 0) is 0 Å². The van der Waals surface area contributed by atoms with E-state index in [0.29, 0.717) is 6.61 Å². The molecule has 0 radical (unpaired) electrons. The minimum absolute atomic E-state index is 0.313. The standard InChI is InChI=1S/C10H21NOS/c12-7-1-5-11-6-2-10-3-8-13-9-4-10/h10-12H,1-9H2. The summed E-state index contributed by atoms with van der Waals surface area (Å²) in [4.78, 5) is 0. The summed E-state index contributed by atoms with van der Waals surface area (Å²) in [6.45, 7) is 2.42. The SMILES string of the molecule is OCCCNCCC1CCSCC1. The van der Waals surface area contributed by atoms with Gasteiger partial charge in [0.05, 0.1) is 0 Å². The third kappa shape index (κ3) is 5.55. The van der Waals surface area contributed by atoms with Crippen molar-refractivity contribution in [2.45, 2.75) is 25.7 Å². The molecular weight excluding hydrogens is 182 g/mol. The van der Waals surface area contributed by atoms with Crippen molar-refractivity contribution in [1.29, 1.82) is 0 Å². The first-order valence-corrected chi connectivity index (χ1v) is 6.48. The highest BCUT2D eigenvalue weighted by Crippen LogP contribution is 2.24. The summed E-state index contributed by atoms with van der Waals surface area (Å²) in [5.74, 6) is 3.69. The van der Waals surface area contributed by atoms with Gasteiger partial charge in [-0.1, -0.05) is 0 Å². The first kappa shape index (κ1) is 11.3. The Morgan fingerprint density at radius 1 is 1.23 bits per heavy atom. The molecule has 13 heavy (non-hydrogen) atoms. The lowest BCUT2D eigenvalue weighted by Gasteiger charge is -2.21. The smallest absolute Gasteiger partial charge is 0.0443 e. The number of hydrogen-bond acceptors (Lipinski definition) is 3. The Morgan fingerprint density at radius 3 is 2.69 bits per heavy atom. The summed E-state index contributed by atoms with van der Waals surface area (Å²) in [5, 5.41) is 11.9. The normalized spacial score (nSPS) is 19.2. The number of thioether (sulfide) groups is 1. The van der Waals surface area contributed by atoms with Gasteiger partial charge in [0.25, 0.3) is 0 Å². The van der Waals surface area contributed by atoms with Gasteiger partial charge in [-0.05, 0) is 56.2 Å². The second kappa shape index (κ2) is 7.65. The van der Waals surface area contributed by atoms with Crippen molar-refractivity contribution in [3.05, 3.63) is 0 Å². The highest BCUT2D eigenvalue weighted by molar-refractivity contribution is 7.99. The van der Waals surface area contributed by atoms with Crippen LogP contribution in [0.3, 0.4) is 0 Å². The fourth-order valence-electron chi connectivity index (χ4n) is 1.67. The Balaban J connectivity index is 1.86. The molecule has 0 aromatic heterocycles. The van der Waals surface area contributed by atoms with E-state index in [9.17, 15) is 0 Å². The molecule has 3 heteroatoms. The largest absolute Gasteiger partial charge is 0.396 e. The predicted octanol–water partition coefficient (Wildman–Crippen LogP) is 1.49. The quantitative estimate of drug-likeness (QED) is 0.642. The monoisotopic (exact) mass is 203 g/mol. The highest BCUT2D eigenvalue weighted by Gasteiger charge is 2.12. The molecule has 78 valence electrons. The molecule has 1 rings (SSSR count). The summed E-state index contributed by atoms with van der Waals surface area (Å²) < 4.78 is 0. The molecule has 1 aliphatic heterocycles. The van der Waals surface area contributed by atoms with E-state index in [-0.39, 0.29) is 0 Å². The van der Waals surface area contributed by atoms with E-state index in [1.165, 1.54) is 30.8 Å². The van der Waals surface area contributed by atoms with Gasteiger partial charge in [0.2, 0.25) is 0 Å². The van der Waals surface area contributed by atoms with Crippen molar-refractivity contribution in [3.8, 4) is 0 Å². The van der Waals surface area contributed by atoms with Gasteiger partial charge in [-0.2, -0.15) is 11.8 Å². The number of aliphatic hydroxyl groups excluding tert-OH is 1. The summed E-state index contributed by atoms with van der Waals surface area (Å²) in [5.41, 5.74) is 0. The molecule has 2 nitrogen and oxygen atoms in total. The van der Waals surface area contributed by atoms with Crippen molar-refractivity contribution < 1.29 is 5.11 Å². The topological polar surface area (TPSA) is 32.3 Å². The molecule has 0 unspecified atom stereocenters. The van der Waals surface area contributed by atoms with Gasteiger partial charge in [0.1, 0.15) is 0 Å². The highest BCUT2D eigenvalue weighted by atomic mass is 32.2. The van der Waals surface area contributed by atoms with Gasteiger partial charge in [-0.3, -0.25) is 0 Å². The van der Waals surface area contributed by atoms with Gasteiger partial charge in [0.15, 0.2) is 0 Å². The number of aliphatic hydroxyl groups is 1. The van der Waals surface area contributed by atoms with Crippen LogP contribution in [0.1, 0.15) is 25.7 Å². The molecule has 0 atom stereocenters. The van der Waals surface area contributed by atoms with E-state index < -0.39 is 0 Å². The number of hydrogen-bond donors (Lipinski definition) is 2. The molecule has 0 spiro atoms. The molecule has 0 aromatic carbocycles. The third-order valence-electron chi connectivity index (χ3n) is 2.58. The zero-order chi connectivity index (χ0) is 9.36. The molecule has 0 bridgehead atoms. The fourth-order valence-corrected chi connectivity index (χ4v) is 2.87. The van der Waals surface area contributed by atoms with Gasteiger partial charge in [-0.25, -0.2) is 0 Å². The van der Waals surface area contributed by atoms with Crippen molar-refractivity contribution in [2.75, 3.05) is 31.2 Å². The fraction of sp³-hybridized carbons (Fsp3) is 1.00. The molecule has 1 heterocycles. The van der Waals surface area contributed by atoms with Gasteiger partial charge < -0.3 is 10.4 Å². The second-order valence-corrected chi connectivity index (χ2v) is 4.90. The molecule has 1 aliphatic rings. The predicted molar refractivity (Wildman–Crippen MR) is 59.2 cm³/mol. The number of nitrogens with one attached hydrogen (secondary N) is 1. The second-order valence-electron chi connectivity index (χ2n) is 3.67. The summed E-state index contributed by atoms with van der Waals surface area (Å²) >= 11 is 2.09. The average molecular weight is 203 g/mol. The van der Waals surface area contributed by atoms with Crippen molar-refractivity contribution >= 4 is 11.8 Å². The number of rotatable bonds is 6. The minimum atomic E-state index is 0.313. The van der Waals surface area contributed by atoms with E-state index in [4.69, 9.17) is 5.11 Å². The van der Waals surface area contributed by atoms with Gasteiger partial charge >= 0.3 is 0 Å². The van der Waals surface area contributed by atoms with Crippen LogP contribution < -0.4 is 5.32 Å². The first-order chi connectivity index (χ1) is 6.43. The van der Waals surface area contributed by atoms with Crippen LogP contribution in [0.2, 0.25) is 0 Å². The van der Waals surface area contributed by atoms with Crippen molar-refractivity contribution in [1.82, 2.24) is 5.32 Å². The molecule has 0 amide bonds. The molecule has 2 N–H and O–H groups in total. The van der Waals surface area contributed by atoms with Crippen LogP contribution in [0.5, 0.6) is 0 Å². The van der Waals surface area contributed by atoms with Crippen LogP contribution in [0, 0.1) is 5.92 Å². The van der Waals surface area contributed by atoms with E-state index >= 15 is 0 Å². The average Bonchev–Trinajstić information content (AvgIpc) is 2.19. The molecule has 0 aromatic rings. The maximum atomic E-state index is 8.57. The maximum Gasteiger partial charge on any atom is 0.0443 e.